The van der Waals surface area contributed by atoms with Crippen molar-refractivity contribution in [3.05, 3.63) is 0 Å². The minimum Gasteiger partial charge on any atom is -0.0721 e. The Labute approximate surface area is 72.7 Å². The summed E-state index contributed by atoms with van der Waals surface area (Å²) in [6, 6.07) is 0. The number of alkyl halides is 2. The molecule has 2 aliphatic carbocycles. The van der Waals surface area contributed by atoms with Crippen LogP contribution >= 0.6 is 31.9 Å². The third kappa shape index (κ3) is 0.823. The fourth-order valence-corrected chi connectivity index (χ4v) is 3.39. The van der Waals surface area contributed by atoms with E-state index in [4.69, 9.17) is 0 Å². The molecule has 2 saturated carbocycles. The van der Waals surface area contributed by atoms with Crippen LogP contribution in [0.2, 0.25) is 0 Å². The zero-order chi connectivity index (χ0) is 6.70. The summed E-state index contributed by atoms with van der Waals surface area (Å²) < 4.78 is 0.314. The molecule has 9 heavy (non-hydrogen) atoms. The molecule has 1 atom stereocenters. The van der Waals surface area contributed by atoms with Crippen molar-refractivity contribution in [3.8, 4) is 0 Å². The minimum absolute atomic E-state index is 0.314. The third-order valence-electron chi connectivity index (χ3n) is 2.78. The molecular formula is C7H10Br2. The molecular weight excluding hydrogens is 244 g/mol. The van der Waals surface area contributed by atoms with Crippen molar-refractivity contribution < 1.29 is 0 Å². The van der Waals surface area contributed by atoms with Gasteiger partial charge in [-0.25, -0.2) is 0 Å². The van der Waals surface area contributed by atoms with E-state index >= 15 is 0 Å². The summed E-state index contributed by atoms with van der Waals surface area (Å²) in [5.41, 5.74) is 0.590. The van der Waals surface area contributed by atoms with E-state index in [0.29, 0.717) is 8.65 Å². The minimum atomic E-state index is 0.314. The molecule has 52 valence electrons. The van der Waals surface area contributed by atoms with Crippen molar-refractivity contribution in [2.24, 2.45) is 11.3 Å². The van der Waals surface area contributed by atoms with Gasteiger partial charge >= 0.3 is 0 Å². The largest absolute Gasteiger partial charge is 0.0868 e. The Bertz CT molecular complexity index is 149. The average Bonchev–Trinajstić information content (AvgIpc) is 2.45. The molecule has 1 unspecified atom stereocenters. The lowest BCUT2D eigenvalue weighted by Gasteiger charge is -2.08. The van der Waals surface area contributed by atoms with Gasteiger partial charge in [-0.3, -0.25) is 0 Å². The van der Waals surface area contributed by atoms with Crippen molar-refractivity contribution in [1.82, 2.24) is 0 Å². The van der Waals surface area contributed by atoms with E-state index < -0.39 is 0 Å². The van der Waals surface area contributed by atoms with Gasteiger partial charge in [-0.1, -0.05) is 38.8 Å². The van der Waals surface area contributed by atoms with Gasteiger partial charge in [-0.05, 0) is 30.6 Å². The summed E-state index contributed by atoms with van der Waals surface area (Å²) in [5.74, 6) is 1.01. The molecule has 0 aromatic carbocycles. The fourth-order valence-electron chi connectivity index (χ4n) is 1.58. The number of hydrogen-bond donors (Lipinski definition) is 0. The molecule has 2 fully saturated rings. The lowest BCUT2D eigenvalue weighted by atomic mass is 10.0. The molecule has 0 bridgehead atoms. The molecule has 0 nitrogen and oxygen atoms in total. The van der Waals surface area contributed by atoms with Gasteiger partial charge in [-0.15, -0.1) is 0 Å². The first kappa shape index (κ1) is 6.66. The summed E-state index contributed by atoms with van der Waals surface area (Å²) in [6.07, 6.45) is 4.22. The second-order valence-corrected chi connectivity index (χ2v) is 7.34. The van der Waals surface area contributed by atoms with E-state index in [1.807, 2.05) is 0 Å². The summed E-state index contributed by atoms with van der Waals surface area (Å²) in [4.78, 5) is 0. The number of hydrogen-bond acceptors (Lipinski definition) is 0. The predicted octanol–water partition coefficient (Wildman–Crippen LogP) is 3.29. The summed E-state index contributed by atoms with van der Waals surface area (Å²) in [6.45, 7) is 2.37. The molecule has 0 heterocycles. The Kier molecular flexibility index (Phi) is 1.17. The summed E-state index contributed by atoms with van der Waals surface area (Å²) >= 11 is 7.33. The SMILES string of the molecule is CC1(C2CC2)CC1(Br)Br. The van der Waals surface area contributed by atoms with Crippen molar-refractivity contribution in [3.63, 3.8) is 0 Å². The Hall–Kier alpha value is 0.960. The Morgan fingerprint density at radius 2 is 1.78 bits per heavy atom. The Morgan fingerprint density at radius 3 is 1.89 bits per heavy atom. The van der Waals surface area contributed by atoms with Gasteiger partial charge in [0, 0.05) is 0 Å². The maximum absolute atomic E-state index is 3.67. The van der Waals surface area contributed by atoms with E-state index in [-0.39, 0.29) is 0 Å². The zero-order valence-corrected chi connectivity index (χ0v) is 8.63. The van der Waals surface area contributed by atoms with E-state index in [2.05, 4.69) is 38.8 Å². The van der Waals surface area contributed by atoms with Crippen LogP contribution in [0, 0.1) is 11.3 Å². The van der Waals surface area contributed by atoms with Gasteiger partial charge in [0.2, 0.25) is 0 Å². The summed E-state index contributed by atoms with van der Waals surface area (Å²) in [5, 5.41) is 0. The first-order valence-electron chi connectivity index (χ1n) is 3.44. The smallest absolute Gasteiger partial charge is 0.0721 e. The zero-order valence-electron chi connectivity index (χ0n) is 5.45. The van der Waals surface area contributed by atoms with Crippen LogP contribution in [0.25, 0.3) is 0 Å². The van der Waals surface area contributed by atoms with Crippen LogP contribution in [-0.4, -0.2) is 3.23 Å². The normalized spacial score (nSPS) is 47.0. The Balaban J connectivity index is 2.11. The van der Waals surface area contributed by atoms with E-state index in [1.165, 1.54) is 19.3 Å². The van der Waals surface area contributed by atoms with Crippen LogP contribution in [0.5, 0.6) is 0 Å². The fraction of sp³-hybridized carbons (Fsp3) is 1.00. The molecule has 2 aliphatic rings. The van der Waals surface area contributed by atoms with Crippen molar-refractivity contribution >= 4 is 31.9 Å². The number of rotatable bonds is 1. The maximum atomic E-state index is 3.67. The van der Waals surface area contributed by atoms with Crippen LogP contribution in [0.4, 0.5) is 0 Å². The molecule has 0 aromatic rings. The quantitative estimate of drug-likeness (QED) is 0.630. The molecule has 0 N–H and O–H groups in total. The standard InChI is InChI=1S/C7H10Br2/c1-6(5-2-3-5)4-7(6,8)9/h5H,2-4H2,1H3. The first-order chi connectivity index (χ1) is 4.06. The monoisotopic (exact) mass is 252 g/mol. The van der Waals surface area contributed by atoms with Gasteiger partial charge in [0.1, 0.15) is 0 Å². The summed E-state index contributed by atoms with van der Waals surface area (Å²) in [7, 11) is 0. The van der Waals surface area contributed by atoms with Crippen LogP contribution < -0.4 is 0 Å². The van der Waals surface area contributed by atoms with Crippen LogP contribution in [0.1, 0.15) is 26.2 Å². The topological polar surface area (TPSA) is 0 Å². The molecule has 2 heteroatoms. The lowest BCUT2D eigenvalue weighted by Crippen LogP contribution is -2.04. The third-order valence-corrected chi connectivity index (χ3v) is 5.15. The molecule has 2 rings (SSSR count). The Morgan fingerprint density at radius 1 is 1.33 bits per heavy atom. The average molecular weight is 254 g/mol. The van der Waals surface area contributed by atoms with Gasteiger partial charge in [0.25, 0.3) is 0 Å². The molecule has 0 spiro atoms. The van der Waals surface area contributed by atoms with E-state index in [0.717, 1.165) is 5.92 Å². The highest BCUT2D eigenvalue weighted by atomic mass is 79.9. The number of halogens is 2. The van der Waals surface area contributed by atoms with E-state index in [1.54, 1.807) is 0 Å². The predicted molar refractivity (Wildman–Crippen MR) is 46.0 cm³/mol. The highest BCUT2D eigenvalue weighted by Gasteiger charge is 2.67. The van der Waals surface area contributed by atoms with Crippen LogP contribution in [-0.2, 0) is 0 Å². The van der Waals surface area contributed by atoms with Gasteiger partial charge in [-0.2, -0.15) is 0 Å². The van der Waals surface area contributed by atoms with Gasteiger partial charge in [0.15, 0.2) is 0 Å². The molecule has 0 aliphatic heterocycles. The van der Waals surface area contributed by atoms with Gasteiger partial charge < -0.3 is 0 Å². The van der Waals surface area contributed by atoms with Crippen molar-refractivity contribution in [1.29, 1.82) is 0 Å². The van der Waals surface area contributed by atoms with E-state index in [9.17, 15) is 0 Å². The van der Waals surface area contributed by atoms with Crippen molar-refractivity contribution in [2.75, 3.05) is 0 Å². The maximum Gasteiger partial charge on any atom is 0.0868 e. The molecule has 0 amide bonds. The lowest BCUT2D eigenvalue weighted by molar-refractivity contribution is 0.491. The first-order valence-corrected chi connectivity index (χ1v) is 5.03. The molecule has 0 saturated heterocycles. The molecule has 0 aromatic heterocycles. The van der Waals surface area contributed by atoms with Crippen LogP contribution in [0.15, 0.2) is 0 Å². The van der Waals surface area contributed by atoms with Crippen LogP contribution in [0.3, 0.4) is 0 Å². The highest BCUT2D eigenvalue weighted by molar-refractivity contribution is 9.25. The van der Waals surface area contributed by atoms with Gasteiger partial charge in [0.05, 0.1) is 3.23 Å². The molecule has 0 radical (unpaired) electrons. The second-order valence-electron chi connectivity index (χ2n) is 3.57. The highest BCUT2D eigenvalue weighted by Crippen LogP contribution is 2.74. The second kappa shape index (κ2) is 1.58. The van der Waals surface area contributed by atoms with Crippen molar-refractivity contribution in [2.45, 2.75) is 29.4 Å².